The number of alkyl halides is 3. The van der Waals surface area contributed by atoms with E-state index in [9.17, 15) is 22.8 Å². The molecule has 1 atom stereocenters. The molecule has 0 saturated carbocycles. The molecule has 1 amide bonds. The number of hydrogen-bond acceptors (Lipinski definition) is 4. The average Bonchev–Trinajstić information content (AvgIpc) is 3.43. The minimum absolute atomic E-state index is 0.0578. The van der Waals surface area contributed by atoms with Crippen molar-refractivity contribution in [2.24, 2.45) is 5.92 Å². The van der Waals surface area contributed by atoms with E-state index in [1.54, 1.807) is 29.2 Å². The number of carbonyl (C=O) groups excluding carboxylic acids is 1. The fraction of sp³-hybridized carbons (Fsp3) is 0.400. The normalized spacial score (nSPS) is 16.3. The lowest BCUT2D eigenvalue weighted by Crippen LogP contribution is -2.34. The molecule has 0 saturated heterocycles. The number of nitrogens with one attached hydrogen (secondary N) is 1. The van der Waals surface area contributed by atoms with Crippen molar-refractivity contribution >= 4 is 17.2 Å². The number of aryl methyl sites for hydroxylation is 2. The maximum absolute atomic E-state index is 13.3. The Morgan fingerprint density at radius 2 is 2.11 bits per heavy atom. The van der Waals surface area contributed by atoms with Crippen molar-refractivity contribution in [3.63, 3.8) is 0 Å². The van der Waals surface area contributed by atoms with Gasteiger partial charge in [0.25, 0.3) is 11.5 Å². The second-order valence-electron chi connectivity index (χ2n) is 8.88. The summed E-state index contributed by atoms with van der Waals surface area (Å²) in [6.45, 7) is 5.89. The third-order valence-electron chi connectivity index (χ3n) is 6.42. The highest BCUT2D eigenvalue weighted by atomic mass is 32.1. The van der Waals surface area contributed by atoms with Crippen molar-refractivity contribution < 1.29 is 18.0 Å². The minimum atomic E-state index is -4.23. The molecule has 1 unspecified atom stereocenters. The van der Waals surface area contributed by atoms with E-state index >= 15 is 0 Å². The molecule has 1 aliphatic carbocycles. The van der Waals surface area contributed by atoms with E-state index in [0.717, 1.165) is 16.1 Å². The van der Waals surface area contributed by atoms with E-state index in [4.69, 9.17) is 0 Å². The topological polar surface area (TPSA) is 68.9 Å². The Bertz CT molecular complexity index is 1330. The predicted molar refractivity (Wildman–Crippen MR) is 129 cm³/mol. The van der Waals surface area contributed by atoms with Gasteiger partial charge in [-0.15, -0.1) is 11.3 Å². The second kappa shape index (κ2) is 9.85. The number of pyridine rings is 1. The Kier molecular flexibility index (Phi) is 7.02. The van der Waals surface area contributed by atoms with Crippen molar-refractivity contribution in [1.82, 2.24) is 19.4 Å². The standard InChI is InChI=1S/C25H27F3N4O2S/c1-4-15(2)11-32-20(6-7-21(24(32)34)31-12-16(3)30-14-31)23(33)29-10-17-13-35-22-8-5-18(9-19(17)22)25(26,27)28/h4,6-7,12-14,18H,5,8-11H2,1-3H3,(H,29,33)/b15-4-. The number of allylic oxidation sites excluding steroid dienone is 2. The molecular weight excluding hydrogens is 477 g/mol. The third kappa shape index (κ3) is 5.27. The molecule has 4 rings (SSSR count). The monoisotopic (exact) mass is 504 g/mol. The van der Waals surface area contributed by atoms with Crippen LogP contribution in [0.1, 0.15) is 52.5 Å². The second-order valence-corrected chi connectivity index (χ2v) is 9.84. The van der Waals surface area contributed by atoms with Crippen molar-refractivity contribution in [2.75, 3.05) is 0 Å². The molecule has 0 aromatic carbocycles. The zero-order chi connectivity index (χ0) is 25.3. The molecule has 0 radical (unpaired) electrons. The van der Waals surface area contributed by atoms with Crippen molar-refractivity contribution in [1.29, 1.82) is 0 Å². The lowest BCUT2D eigenvalue weighted by atomic mass is 9.86. The third-order valence-corrected chi connectivity index (χ3v) is 7.55. The molecule has 1 aliphatic rings. The molecule has 6 nitrogen and oxygen atoms in total. The number of fused-ring (bicyclic) bond motifs is 1. The lowest BCUT2D eigenvalue weighted by molar-refractivity contribution is -0.177. The van der Waals surface area contributed by atoms with Crippen LogP contribution in [0.15, 0.2) is 46.5 Å². The maximum atomic E-state index is 13.3. The summed E-state index contributed by atoms with van der Waals surface area (Å²) in [6, 6.07) is 3.17. The molecule has 3 aromatic rings. The molecule has 0 fully saturated rings. The number of carbonyl (C=O) groups is 1. The maximum Gasteiger partial charge on any atom is 0.392 e. The molecule has 10 heteroatoms. The smallest absolute Gasteiger partial charge is 0.347 e. The molecule has 0 bridgehead atoms. The van der Waals surface area contributed by atoms with Crippen LogP contribution < -0.4 is 10.9 Å². The quantitative estimate of drug-likeness (QED) is 0.482. The zero-order valence-electron chi connectivity index (χ0n) is 19.8. The van der Waals surface area contributed by atoms with Crippen molar-refractivity contribution in [3.05, 3.63) is 79.4 Å². The van der Waals surface area contributed by atoms with Crippen LogP contribution >= 0.6 is 11.3 Å². The Labute approximate surface area is 205 Å². The van der Waals surface area contributed by atoms with Crippen LogP contribution in [0.3, 0.4) is 0 Å². The average molecular weight is 505 g/mol. The Morgan fingerprint density at radius 3 is 2.77 bits per heavy atom. The highest BCUT2D eigenvalue weighted by Gasteiger charge is 2.42. The van der Waals surface area contributed by atoms with Gasteiger partial charge in [0.15, 0.2) is 0 Å². The highest BCUT2D eigenvalue weighted by molar-refractivity contribution is 7.10. The largest absolute Gasteiger partial charge is 0.392 e. The molecule has 0 aliphatic heterocycles. The van der Waals surface area contributed by atoms with Crippen LogP contribution in [-0.4, -0.2) is 26.2 Å². The number of hydrogen-bond donors (Lipinski definition) is 1. The number of amides is 1. The first-order valence-corrected chi connectivity index (χ1v) is 12.3. The van der Waals surface area contributed by atoms with Gasteiger partial charge < -0.3 is 9.88 Å². The van der Waals surface area contributed by atoms with E-state index in [2.05, 4.69) is 10.3 Å². The molecule has 35 heavy (non-hydrogen) atoms. The molecule has 3 aromatic heterocycles. The van der Waals surface area contributed by atoms with Crippen LogP contribution in [0.5, 0.6) is 0 Å². The van der Waals surface area contributed by atoms with Gasteiger partial charge in [0.2, 0.25) is 0 Å². The van der Waals surface area contributed by atoms with Gasteiger partial charge in [-0.1, -0.05) is 11.6 Å². The van der Waals surface area contributed by atoms with Gasteiger partial charge in [-0.05, 0) is 68.7 Å². The Hall–Kier alpha value is -3.14. The van der Waals surface area contributed by atoms with Crippen LogP contribution in [0.4, 0.5) is 13.2 Å². The summed E-state index contributed by atoms with van der Waals surface area (Å²) in [5.74, 6) is -1.81. The highest BCUT2D eigenvalue weighted by Crippen LogP contribution is 2.40. The predicted octanol–water partition coefficient (Wildman–Crippen LogP) is 4.97. The summed E-state index contributed by atoms with van der Waals surface area (Å²) < 4.78 is 42.9. The van der Waals surface area contributed by atoms with E-state index in [-0.39, 0.29) is 37.2 Å². The summed E-state index contributed by atoms with van der Waals surface area (Å²) in [5, 5.41) is 4.64. The fourth-order valence-corrected chi connectivity index (χ4v) is 5.38. The van der Waals surface area contributed by atoms with Gasteiger partial charge in [0, 0.05) is 24.2 Å². The minimum Gasteiger partial charge on any atom is -0.347 e. The molecule has 1 N–H and O–H groups in total. The number of nitrogens with zero attached hydrogens (tertiary/aromatic N) is 3. The van der Waals surface area contributed by atoms with E-state index < -0.39 is 18.0 Å². The van der Waals surface area contributed by atoms with Gasteiger partial charge in [0.05, 0.1) is 17.9 Å². The van der Waals surface area contributed by atoms with Crippen LogP contribution in [-0.2, 0) is 25.9 Å². The molecule has 3 heterocycles. The molecule has 186 valence electrons. The number of imidazole rings is 1. The number of aromatic nitrogens is 3. The van der Waals surface area contributed by atoms with Gasteiger partial charge in [-0.25, -0.2) is 4.98 Å². The summed E-state index contributed by atoms with van der Waals surface area (Å²) >= 11 is 1.44. The summed E-state index contributed by atoms with van der Waals surface area (Å²) in [5.41, 5.74) is 3.29. The molecular formula is C25H27F3N4O2S. The van der Waals surface area contributed by atoms with Gasteiger partial charge in [-0.3, -0.25) is 14.2 Å². The number of rotatable bonds is 6. The number of thiophene rings is 1. The van der Waals surface area contributed by atoms with E-state index in [1.807, 2.05) is 32.2 Å². The zero-order valence-corrected chi connectivity index (χ0v) is 20.6. The van der Waals surface area contributed by atoms with Crippen molar-refractivity contribution in [3.8, 4) is 5.69 Å². The van der Waals surface area contributed by atoms with Gasteiger partial charge >= 0.3 is 6.18 Å². The Morgan fingerprint density at radius 1 is 1.34 bits per heavy atom. The van der Waals surface area contributed by atoms with E-state index in [0.29, 0.717) is 23.2 Å². The first-order valence-electron chi connectivity index (χ1n) is 11.4. The summed E-state index contributed by atoms with van der Waals surface area (Å²) in [4.78, 5) is 31.6. The number of halogens is 3. The summed E-state index contributed by atoms with van der Waals surface area (Å²) in [6.07, 6.45) is 1.37. The van der Waals surface area contributed by atoms with Gasteiger partial charge in [0.1, 0.15) is 11.4 Å². The Balaban J connectivity index is 1.59. The van der Waals surface area contributed by atoms with Crippen LogP contribution in [0.25, 0.3) is 5.69 Å². The first kappa shape index (κ1) is 25.0. The van der Waals surface area contributed by atoms with Gasteiger partial charge in [-0.2, -0.15) is 13.2 Å². The van der Waals surface area contributed by atoms with Crippen LogP contribution in [0.2, 0.25) is 0 Å². The van der Waals surface area contributed by atoms with Crippen molar-refractivity contribution in [2.45, 2.75) is 59.3 Å². The fourth-order valence-electron chi connectivity index (χ4n) is 4.28. The molecule has 0 spiro atoms. The SMILES string of the molecule is C/C=C(/C)Cn1c(C(=O)NCc2csc3c2CC(C(F)(F)F)CC3)ccc(-n2cnc(C)c2)c1=O. The first-order chi connectivity index (χ1) is 16.6. The van der Waals surface area contributed by atoms with E-state index in [1.165, 1.54) is 15.9 Å². The lowest BCUT2D eigenvalue weighted by Gasteiger charge is -2.25. The summed E-state index contributed by atoms with van der Waals surface area (Å²) in [7, 11) is 0. The van der Waals surface area contributed by atoms with Crippen LogP contribution in [0, 0.1) is 12.8 Å².